The number of rotatable bonds is 12. The third-order valence-corrected chi connectivity index (χ3v) is 19.7. The van der Waals surface area contributed by atoms with Gasteiger partial charge in [-0.05, 0) is 135 Å². The summed E-state index contributed by atoms with van der Waals surface area (Å²) in [7, 11) is 0. The summed E-state index contributed by atoms with van der Waals surface area (Å²) < 4.78 is 2.29. The standard InChI is InChI=1S/C91H57BN10/c93-58-59-41-49-79(75(51-59)91-98-88(64-33-17-5-18-34-64)95-89(99-91)65-35-19-6-20-36-65)102-78-50-45-66(52-74(78)73-46-42-69(55-80(73)102)90-96-86(62-29-13-3-14-30-62)94-87(97-90)63-31-15-4-16-32-63)70-56-83-85-84(57-70)101(72-39-23-8-24-40-72)82-54-68(61-27-11-2-12-28-61)44-48-77(82)92(85)76-47-43-67(60-25-9-1-10-26-60)53-81(76)100(83)71-37-21-7-22-38-71/h1-57H. The van der Waals surface area contributed by atoms with E-state index in [2.05, 4.69) is 227 Å². The maximum absolute atomic E-state index is 10.8. The van der Waals surface area contributed by atoms with Crippen LogP contribution in [0.15, 0.2) is 346 Å². The molecule has 474 valence electrons. The van der Waals surface area contributed by atoms with Crippen molar-refractivity contribution in [3.8, 4) is 113 Å². The fourth-order valence-corrected chi connectivity index (χ4v) is 14.9. The monoisotopic (exact) mass is 1300 g/mol. The maximum Gasteiger partial charge on any atom is 0.252 e. The second-order valence-electron chi connectivity index (χ2n) is 25.7. The van der Waals surface area contributed by atoms with Gasteiger partial charge < -0.3 is 14.4 Å². The first kappa shape index (κ1) is 59.3. The number of nitriles is 1. The Morgan fingerprint density at radius 3 is 1.07 bits per heavy atom. The Morgan fingerprint density at radius 1 is 0.255 bits per heavy atom. The molecule has 0 aliphatic carbocycles. The Hall–Kier alpha value is -13.9. The summed E-state index contributed by atoms with van der Waals surface area (Å²) in [5.41, 5.74) is 24.7. The van der Waals surface area contributed by atoms with Crippen molar-refractivity contribution in [2.24, 2.45) is 0 Å². The zero-order valence-electron chi connectivity index (χ0n) is 55.0. The lowest BCUT2D eigenvalue weighted by molar-refractivity contribution is 1.06. The number of nitrogens with zero attached hydrogens (tertiary/aromatic N) is 10. The second-order valence-corrected chi connectivity index (χ2v) is 25.7. The van der Waals surface area contributed by atoms with Crippen LogP contribution in [0.5, 0.6) is 0 Å². The van der Waals surface area contributed by atoms with E-state index in [0.717, 1.165) is 123 Å². The van der Waals surface area contributed by atoms with Gasteiger partial charge in [0, 0.05) is 78.3 Å². The Morgan fingerprint density at radius 2 is 0.627 bits per heavy atom. The van der Waals surface area contributed by atoms with Gasteiger partial charge in [0.25, 0.3) is 6.71 Å². The molecule has 19 rings (SSSR count). The molecule has 0 saturated carbocycles. The molecule has 11 heteroatoms. The van der Waals surface area contributed by atoms with Gasteiger partial charge in [-0.3, -0.25) is 0 Å². The lowest BCUT2D eigenvalue weighted by atomic mass is 9.33. The molecule has 0 fully saturated rings. The van der Waals surface area contributed by atoms with Gasteiger partial charge in [0.1, 0.15) is 0 Å². The van der Waals surface area contributed by atoms with Crippen LogP contribution in [0.4, 0.5) is 34.1 Å². The van der Waals surface area contributed by atoms with Crippen LogP contribution < -0.4 is 26.2 Å². The van der Waals surface area contributed by atoms with Crippen LogP contribution in [0.3, 0.4) is 0 Å². The van der Waals surface area contributed by atoms with Crippen LogP contribution in [0.2, 0.25) is 0 Å². The maximum atomic E-state index is 10.8. The minimum atomic E-state index is -0.131. The van der Waals surface area contributed by atoms with Crippen LogP contribution in [-0.2, 0) is 0 Å². The number of anilines is 6. The van der Waals surface area contributed by atoms with Crippen LogP contribution in [-0.4, -0.2) is 41.2 Å². The van der Waals surface area contributed by atoms with E-state index in [0.29, 0.717) is 46.1 Å². The van der Waals surface area contributed by atoms with Gasteiger partial charge >= 0.3 is 0 Å². The highest BCUT2D eigenvalue weighted by Gasteiger charge is 2.44. The van der Waals surface area contributed by atoms with E-state index in [1.165, 1.54) is 16.4 Å². The molecule has 0 radical (unpaired) electrons. The molecule has 0 amide bonds. The van der Waals surface area contributed by atoms with E-state index in [1.54, 1.807) is 0 Å². The molecule has 5 heterocycles. The summed E-state index contributed by atoms with van der Waals surface area (Å²) in [4.78, 5) is 36.3. The van der Waals surface area contributed by atoms with Gasteiger partial charge in [0.2, 0.25) is 0 Å². The normalized spacial score (nSPS) is 12.0. The first-order chi connectivity index (χ1) is 50.5. The Balaban J connectivity index is 0.879. The van der Waals surface area contributed by atoms with Crippen molar-refractivity contribution in [3.05, 3.63) is 351 Å². The molecule has 10 nitrogen and oxygen atoms in total. The van der Waals surface area contributed by atoms with Crippen molar-refractivity contribution < 1.29 is 0 Å². The van der Waals surface area contributed by atoms with E-state index in [9.17, 15) is 5.26 Å². The predicted octanol–water partition coefficient (Wildman–Crippen LogP) is 20.1. The SMILES string of the molecule is N#Cc1ccc(-n2c3ccc(-c4cc5c6c(c4)N(c4ccccc4)c4cc(-c7ccccc7)ccc4B6c4ccc(-c6ccccc6)cc4N5c4ccccc4)cc3c3ccc(-c4nc(-c5ccccc5)nc(-c5ccccc5)n4)cc32)c(-c2nc(-c3ccccc3)nc(-c3ccccc3)n2)c1. The third kappa shape index (κ3) is 10.4. The number of para-hydroxylation sites is 2. The fourth-order valence-electron chi connectivity index (χ4n) is 14.9. The Kier molecular flexibility index (Phi) is 14.5. The van der Waals surface area contributed by atoms with Crippen molar-refractivity contribution in [3.63, 3.8) is 0 Å². The smallest absolute Gasteiger partial charge is 0.252 e. The molecule has 0 unspecified atom stereocenters. The minimum Gasteiger partial charge on any atom is -0.311 e. The van der Waals surface area contributed by atoms with Crippen LogP contribution in [0.1, 0.15) is 5.56 Å². The predicted molar refractivity (Wildman–Crippen MR) is 415 cm³/mol. The van der Waals surface area contributed by atoms with E-state index in [1.807, 2.05) is 140 Å². The molecular weight excluding hydrogens is 1240 g/mol. The largest absolute Gasteiger partial charge is 0.311 e. The highest BCUT2D eigenvalue weighted by Crippen LogP contribution is 2.49. The number of hydrogen-bond acceptors (Lipinski definition) is 9. The number of aromatic nitrogens is 7. The topological polar surface area (TPSA) is 113 Å². The van der Waals surface area contributed by atoms with E-state index in [-0.39, 0.29) is 6.71 Å². The van der Waals surface area contributed by atoms with Gasteiger partial charge in [0.15, 0.2) is 34.9 Å². The molecule has 14 aromatic carbocycles. The van der Waals surface area contributed by atoms with E-state index >= 15 is 0 Å². The number of hydrogen-bond donors (Lipinski definition) is 0. The van der Waals surface area contributed by atoms with Crippen LogP contribution in [0, 0.1) is 11.3 Å². The van der Waals surface area contributed by atoms with Gasteiger partial charge in [-0.2, -0.15) is 5.26 Å². The van der Waals surface area contributed by atoms with E-state index in [4.69, 9.17) is 29.9 Å². The molecular formula is C91H57BN10. The van der Waals surface area contributed by atoms with E-state index < -0.39 is 0 Å². The van der Waals surface area contributed by atoms with Crippen molar-refractivity contribution >= 4 is 79.0 Å². The first-order valence-electron chi connectivity index (χ1n) is 34.2. The number of benzene rings is 14. The summed E-state index contributed by atoms with van der Waals surface area (Å²) in [5, 5.41) is 12.8. The molecule has 3 aromatic heterocycles. The van der Waals surface area contributed by atoms with Gasteiger partial charge in [0.05, 0.1) is 28.4 Å². The third-order valence-electron chi connectivity index (χ3n) is 19.7. The minimum absolute atomic E-state index is 0.131. The molecule has 17 aromatic rings. The summed E-state index contributed by atoms with van der Waals surface area (Å²) in [6, 6.07) is 124. The van der Waals surface area contributed by atoms with Gasteiger partial charge in [-0.15, -0.1) is 0 Å². The Labute approximate surface area is 589 Å². The highest BCUT2D eigenvalue weighted by atomic mass is 15.2. The van der Waals surface area contributed by atoms with Gasteiger partial charge in [-0.25, -0.2) is 29.9 Å². The molecule has 0 N–H and O–H groups in total. The average molecular weight is 1300 g/mol. The van der Waals surface area contributed by atoms with Crippen LogP contribution in [0.25, 0.3) is 129 Å². The van der Waals surface area contributed by atoms with Crippen molar-refractivity contribution in [1.29, 1.82) is 5.26 Å². The zero-order chi connectivity index (χ0) is 67.6. The second kappa shape index (κ2) is 24.9. The summed E-state index contributed by atoms with van der Waals surface area (Å²) in [5.74, 6) is 3.06. The number of fused-ring (bicyclic) bond motifs is 7. The summed E-state index contributed by atoms with van der Waals surface area (Å²) >= 11 is 0. The van der Waals surface area contributed by atoms with Crippen molar-refractivity contribution in [2.45, 2.75) is 0 Å². The quantitative estimate of drug-likeness (QED) is 0.110. The lowest BCUT2D eigenvalue weighted by Crippen LogP contribution is -2.61. The van der Waals surface area contributed by atoms with Crippen molar-refractivity contribution in [1.82, 2.24) is 34.5 Å². The average Bonchev–Trinajstić information content (AvgIpc) is 0.806. The molecule has 0 atom stereocenters. The highest BCUT2D eigenvalue weighted by molar-refractivity contribution is 7.00. The fraction of sp³-hybridized carbons (Fsp3) is 0. The zero-order valence-corrected chi connectivity index (χ0v) is 55.0. The molecule has 0 spiro atoms. The molecule has 2 aliphatic heterocycles. The lowest BCUT2D eigenvalue weighted by Gasteiger charge is -2.44. The molecule has 2 aliphatic rings. The molecule has 0 saturated heterocycles. The van der Waals surface area contributed by atoms with Crippen molar-refractivity contribution in [2.75, 3.05) is 9.80 Å². The summed E-state index contributed by atoms with van der Waals surface area (Å²) in [6.45, 7) is -0.131. The molecule has 0 bridgehead atoms. The molecule has 102 heavy (non-hydrogen) atoms. The van der Waals surface area contributed by atoms with Crippen LogP contribution >= 0.6 is 0 Å². The Bertz CT molecular complexity index is 5860. The summed E-state index contributed by atoms with van der Waals surface area (Å²) in [6.07, 6.45) is 0. The first-order valence-corrected chi connectivity index (χ1v) is 34.2. The van der Waals surface area contributed by atoms with Gasteiger partial charge in [-0.1, -0.05) is 261 Å².